The van der Waals surface area contributed by atoms with Gasteiger partial charge in [-0.05, 0) is 30.2 Å². The van der Waals surface area contributed by atoms with Crippen LogP contribution in [0.1, 0.15) is 24.8 Å². The zero-order valence-electron chi connectivity index (χ0n) is 13.0. The molecular formula is C17H17FN2O3S. The number of anilines is 1. The van der Waals surface area contributed by atoms with E-state index in [1.54, 1.807) is 0 Å². The first kappa shape index (κ1) is 16.6. The average Bonchev–Trinajstić information content (AvgIpc) is 3.28. The number of hydrogen-bond donors (Lipinski definition) is 2. The van der Waals surface area contributed by atoms with Gasteiger partial charge in [-0.1, -0.05) is 30.3 Å². The van der Waals surface area contributed by atoms with Gasteiger partial charge in [0.25, 0.3) is 0 Å². The lowest BCUT2D eigenvalue weighted by atomic mass is 10.1. The van der Waals surface area contributed by atoms with Crippen molar-refractivity contribution in [3.8, 4) is 0 Å². The van der Waals surface area contributed by atoms with Crippen LogP contribution < -0.4 is 10.0 Å². The van der Waals surface area contributed by atoms with Crippen LogP contribution in [0.25, 0.3) is 0 Å². The summed E-state index contributed by atoms with van der Waals surface area (Å²) in [7, 11) is -3.78. The minimum atomic E-state index is -3.78. The molecule has 0 saturated heterocycles. The highest BCUT2D eigenvalue weighted by molar-refractivity contribution is 7.89. The fourth-order valence-corrected chi connectivity index (χ4v) is 3.93. The lowest BCUT2D eigenvalue weighted by Crippen LogP contribution is -2.27. The normalized spacial score (nSPS) is 19.8. The summed E-state index contributed by atoms with van der Waals surface area (Å²) in [6, 6.07) is 12.8. The Balaban J connectivity index is 1.76. The van der Waals surface area contributed by atoms with Crippen molar-refractivity contribution in [3.63, 3.8) is 0 Å². The first-order valence-electron chi connectivity index (χ1n) is 7.51. The Bertz CT molecular complexity index is 869. The number of benzene rings is 2. The van der Waals surface area contributed by atoms with Gasteiger partial charge in [0.15, 0.2) is 0 Å². The quantitative estimate of drug-likeness (QED) is 0.872. The highest BCUT2D eigenvalue weighted by Gasteiger charge is 2.41. The highest BCUT2D eigenvalue weighted by atomic mass is 32.2. The summed E-state index contributed by atoms with van der Waals surface area (Å²) >= 11 is 0. The second kappa shape index (κ2) is 6.33. The van der Waals surface area contributed by atoms with E-state index in [0.717, 1.165) is 24.1 Å². The predicted molar refractivity (Wildman–Crippen MR) is 88.6 cm³/mol. The van der Waals surface area contributed by atoms with E-state index in [4.69, 9.17) is 0 Å². The number of halogens is 1. The van der Waals surface area contributed by atoms with E-state index < -0.39 is 21.7 Å². The van der Waals surface area contributed by atoms with Gasteiger partial charge < -0.3 is 5.32 Å². The molecule has 0 spiro atoms. The van der Waals surface area contributed by atoms with Crippen molar-refractivity contribution >= 4 is 21.6 Å². The Morgan fingerprint density at radius 2 is 1.88 bits per heavy atom. The number of hydrogen-bond acceptors (Lipinski definition) is 3. The molecule has 2 atom stereocenters. The molecule has 1 amide bonds. The SMILES string of the molecule is CC(=O)Nc1cc(S(=O)(=O)N[C@H]2C[C@H]2c2ccccc2)ccc1F. The molecule has 0 heterocycles. The maximum Gasteiger partial charge on any atom is 0.240 e. The molecule has 0 aromatic heterocycles. The van der Waals surface area contributed by atoms with Crippen molar-refractivity contribution in [1.29, 1.82) is 0 Å². The molecule has 2 aromatic carbocycles. The number of amides is 1. The Hall–Kier alpha value is -2.25. The molecule has 1 fully saturated rings. The lowest BCUT2D eigenvalue weighted by Gasteiger charge is -2.09. The zero-order valence-corrected chi connectivity index (χ0v) is 13.8. The first-order valence-corrected chi connectivity index (χ1v) is 8.99. The second-order valence-electron chi connectivity index (χ2n) is 5.80. The molecule has 1 aliphatic carbocycles. The second-order valence-corrected chi connectivity index (χ2v) is 7.52. The minimum Gasteiger partial charge on any atom is -0.324 e. The van der Waals surface area contributed by atoms with Crippen LogP contribution in [0.4, 0.5) is 10.1 Å². The molecule has 0 bridgehead atoms. The molecule has 0 aliphatic heterocycles. The van der Waals surface area contributed by atoms with E-state index >= 15 is 0 Å². The molecule has 0 unspecified atom stereocenters. The fourth-order valence-electron chi connectivity index (χ4n) is 2.62. The smallest absolute Gasteiger partial charge is 0.240 e. The van der Waals surface area contributed by atoms with Gasteiger partial charge in [0.1, 0.15) is 5.82 Å². The van der Waals surface area contributed by atoms with Gasteiger partial charge in [-0.2, -0.15) is 0 Å². The Labute approximate surface area is 139 Å². The van der Waals surface area contributed by atoms with Crippen LogP contribution in [0.2, 0.25) is 0 Å². The number of carbonyl (C=O) groups is 1. The number of sulfonamides is 1. The van der Waals surface area contributed by atoms with Crippen LogP contribution in [0.3, 0.4) is 0 Å². The van der Waals surface area contributed by atoms with E-state index in [0.29, 0.717) is 0 Å². The van der Waals surface area contributed by atoms with Gasteiger partial charge in [-0.25, -0.2) is 17.5 Å². The van der Waals surface area contributed by atoms with Gasteiger partial charge in [-0.3, -0.25) is 4.79 Å². The molecule has 1 saturated carbocycles. The molecular weight excluding hydrogens is 331 g/mol. The van der Waals surface area contributed by atoms with Crippen LogP contribution in [-0.4, -0.2) is 20.4 Å². The first-order chi connectivity index (χ1) is 11.4. The van der Waals surface area contributed by atoms with Gasteiger partial charge in [-0.15, -0.1) is 0 Å². The van der Waals surface area contributed by atoms with Crippen molar-refractivity contribution in [2.75, 3.05) is 5.32 Å². The maximum absolute atomic E-state index is 13.6. The molecule has 0 radical (unpaired) electrons. The number of nitrogens with one attached hydrogen (secondary N) is 2. The Morgan fingerprint density at radius 1 is 1.17 bits per heavy atom. The zero-order chi connectivity index (χ0) is 17.3. The van der Waals surface area contributed by atoms with E-state index in [-0.39, 0.29) is 22.5 Å². The third-order valence-corrected chi connectivity index (χ3v) is 5.37. The van der Waals surface area contributed by atoms with E-state index in [1.807, 2.05) is 30.3 Å². The van der Waals surface area contributed by atoms with Crippen LogP contribution in [0.5, 0.6) is 0 Å². The number of carbonyl (C=O) groups excluding carboxylic acids is 1. The van der Waals surface area contributed by atoms with Crippen molar-refractivity contribution in [1.82, 2.24) is 4.72 Å². The standard InChI is InChI=1S/C17H17FN2O3S/c1-11(21)19-17-9-13(7-8-15(17)18)24(22,23)20-16-10-14(16)12-5-3-2-4-6-12/h2-9,14,16,20H,10H2,1H3,(H,19,21)/t14-,16-/m0/s1. The topological polar surface area (TPSA) is 75.3 Å². The third kappa shape index (κ3) is 3.63. The van der Waals surface area contributed by atoms with Crippen molar-refractivity contribution in [2.45, 2.75) is 30.2 Å². The maximum atomic E-state index is 13.6. The van der Waals surface area contributed by atoms with E-state index in [2.05, 4.69) is 10.0 Å². The molecule has 2 aromatic rings. The Kier molecular flexibility index (Phi) is 4.38. The molecule has 1 aliphatic rings. The summed E-state index contributed by atoms with van der Waals surface area (Å²) in [4.78, 5) is 11.0. The van der Waals surface area contributed by atoms with Gasteiger partial charge >= 0.3 is 0 Å². The minimum absolute atomic E-state index is 0.0774. The van der Waals surface area contributed by atoms with E-state index in [9.17, 15) is 17.6 Å². The average molecular weight is 348 g/mol. The summed E-state index contributed by atoms with van der Waals surface area (Å²) in [5.41, 5.74) is 0.934. The Morgan fingerprint density at radius 3 is 2.54 bits per heavy atom. The van der Waals surface area contributed by atoms with Crippen molar-refractivity contribution in [2.24, 2.45) is 0 Å². The van der Waals surface area contributed by atoms with Gasteiger partial charge in [0.2, 0.25) is 15.9 Å². The molecule has 126 valence electrons. The monoisotopic (exact) mass is 348 g/mol. The van der Waals surface area contributed by atoms with Crippen LogP contribution in [-0.2, 0) is 14.8 Å². The summed E-state index contributed by atoms with van der Waals surface area (Å²) in [6.45, 7) is 1.23. The van der Waals surface area contributed by atoms with Crippen molar-refractivity contribution in [3.05, 3.63) is 59.9 Å². The summed E-state index contributed by atoms with van der Waals surface area (Å²) in [6.07, 6.45) is 0.725. The third-order valence-electron chi connectivity index (χ3n) is 3.88. The molecule has 7 heteroatoms. The summed E-state index contributed by atoms with van der Waals surface area (Å²) < 4.78 is 41.2. The lowest BCUT2D eigenvalue weighted by molar-refractivity contribution is -0.114. The van der Waals surface area contributed by atoms with E-state index in [1.165, 1.54) is 13.0 Å². The van der Waals surface area contributed by atoms with Gasteiger partial charge in [0, 0.05) is 18.9 Å². The van der Waals surface area contributed by atoms with Crippen molar-refractivity contribution < 1.29 is 17.6 Å². The van der Waals surface area contributed by atoms with Crippen LogP contribution >= 0.6 is 0 Å². The molecule has 2 N–H and O–H groups in total. The van der Waals surface area contributed by atoms with Crippen LogP contribution in [0.15, 0.2) is 53.4 Å². The highest BCUT2D eigenvalue weighted by Crippen LogP contribution is 2.41. The van der Waals surface area contributed by atoms with Crippen LogP contribution in [0, 0.1) is 5.82 Å². The molecule has 5 nitrogen and oxygen atoms in total. The number of rotatable bonds is 5. The molecule has 24 heavy (non-hydrogen) atoms. The van der Waals surface area contributed by atoms with Gasteiger partial charge in [0.05, 0.1) is 10.6 Å². The molecule has 3 rings (SSSR count). The summed E-state index contributed by atoms with van der Waals surface area (Å²) in [5.74, 6) is -1.00. The fraction of sp³-hybridized carbons (Fsp3) is 0.235. The largest absolute Gasteiger partial charge is 0.324 e. The summed E-state index contributed by atoms with van der Waals surface area (Å²) in [5, 5.41) is 2.28. The predicted octanol–water partition coefficient (Wildman–Crippen LogP) is 2.62.